The van der Waals surface area contributed by atoms with Crippen LogP contribution in [-0.2, 0) is 21.0 Å². The molecule has 0 radical (unpaired) electrons. The summed E-state index contributed by atoms with van der Waals surface area (Å²) in [4.78, 5) is 15.7. The number of nitrogens with one attached hydrogen (secondary N) is 2. The number of sulfonamides is 1. The summed E-state index contributed by atoms with van der Waals surface area (Å²) in [7, 11) is -4.26. The van der Waals surface area contributed by atoms with Crippen molar-refractivity contribution in [2.45, 2.75) is 17.5 Å². The molecule has 0 unspecified atom stereocenters. The number of halogens is 4. The minimum atomic E-state index is -4.80. The smallest absolute Gasteiger partial charge is 0.325 e. The van der Waals surface area contributed by atoms with Crippen LogP contribution in [0.2, 0.25) is 5.02 Å². The molecule has 0 bridgehead atoms. The molecule has 0 saturated heterocycles. The molecule has 0 aliphatic heterocycles. The molecule has 3 aromatic rings. The molecular weight excluding hydrogens is 443 g/mol. The number of fused-ring (bicyclic) bond motifs is 1. The van der Waals surface area contributed by atoms with E-state index in [4.69, 9.17) is 11.6 Å². The third-order valence-corrected chi connectivity index (χ3v) is 5.86. The molecular formula is C19H15ClF3N3O3S. The zero-order chi connectivity index (χ0) is 21.9. The number of carbonyl (C=O) groups excluding carboxylic acids is 1. The van der Waals surface area contributed by atoms with Gasteiger partial charge in [-0.25, -0.2) is 13.1 Å². The Bertz CT molecular complexity index is 1200. The van der Waals surface area contributed by atoms with Crippen molar-refractivity contribution in [3.63, 3.8) is 0 Å². The van der Waals surface area contributed by atoms with Crippen molar-refractivity contribution >= 4 is 44.1 Å². The molecule has 1 heterocycles. The number of carbonyl (C=O) groups is 1. The third-order valence-electron chi connectivity index (χ3n) is 4.07. The molecule has 0 saturated carbocycles. The molecule has 11 heteroatoms. The van der Waals surface area contributed by atoms with Crippen molar-refractivity contribution < 1.29 is 26.4 Å². The Balaban J connectivity index is 1.61. The van der Waals surface area contributed by atoms with E-state index in [1.165, 1.54) is 6.20 Å². The SMILES string of the molecule is O=C(CCNS(=O)(=O)c1ccc(Cl)c(C(F)(F)F)c1)Nc1cnc2ccccc2c1. The van der Waals surface area contributed by atoms with Crippen LogP contribution in [0, 0.1) is 0 Å². The number of pyridine rings is 1. The van der Waals surface area contributed by atoms with Crippen LogP contribution in [0.15, 0.2) is 59.6 Å². The van der Waals surface area contributed by atoms with Crippen LogP contribution in [0.25, 0.3) is 10.9 Å². The van der Waals surface area contributed by atoms with Gasteiger partial charge >= 0.3 is 6.18 Å². The molecule has 2 N–H and O–H groups in total. The second-order valence-electron chi connectivity index (χ2n) is 6.25. The summed E-state index contributed by atoms with van der Waals surface area (Å²) < 4.78 is 65.4. The summed E-state index contributed by atoms with van der Waals surface area (Å²) in [6, 6.07) is 11.3. The van der Waals surface area contributed by atoms with Gasteiger partial charge in [-0.15, -0.1) is 0 Å². The summed E-state index contributed by atoms with van der Waals surface area (Å²) >= 11 is 5.50. The van der Waals surface area contributed by atoms with Gasteiger partial charge in [0.2, 0.25) is 15.9 Å². The van der Waals surface area contributed by atoms with E-state index >= 15 is 0 Å². The second kappa shape index (κ2) is 8.58. The fraction of sp³-hybridized carbons (Fsp3) is 0.158. The van der Waals surface area contributed by atoms with E-state index in [-0.39, 0.29) is 13.0 Å². The van der Waals surface area contributed by atoms with Gasteiger partial charge in [-0.05, 0) is 30.3 Å². The maximum atomic E-state index is 12.9. The molecule has 0 fully saturated rings. The lowest BCUT2D eigenvalue weighted by atomic mass is 10.2. The van der Waals surface area contributed by atoms with Crippen molar-refractivity contribution in [3.8, 4) is 0 Å². The second-order valence-corrected chi connectivity index (χ2v) is 8.43. The fourth-order valence-corrected chi connectivity index (χ4v) is 3.92. The van der Waals surface area contributed by atoms with Gasteiger partial charge in [-0.1, -0.05) is 29.8 Å². The van der Waals surface area contributed by atoms with Gasteiger partial charge < -0.3 is 5.32 Å². The number of amides is 1. The van der Waals surface area contributed by atoms with E-state index in [9.17, 15) is 26.4 Å². The number of aromatic nitrogens is 1. The monoisotopic (exact) mass is 457 g/mol. The average molecular weight is 458 g/mol. The van der Waals surface area contributed by atoms with Crippen molar-refractivity contribution in [2.75, 3.05) is 11.9 Å². The zero-order valence-corrected chi connectivity index (χ0v) is 16.8. The van der Waals surface area contributed by atoms with Crippen LogP contribution in [-0.4, -0.2) is 25.9 Å². The van der Waals surface area contributed by atoms with Gasteiger partial charge in [0.25, 0.3) is 0 Å². The topological polar surface area (TPSA) is 88.2 Å². The predicted molar refractivity (Wildman–Crippen MR) is 107 cm³/mol. The first-order chi connectivity index (χ1) is 14.1. The van der Waals surface area contributed by atoms with Crippen LogP contribution in [0.5, 0.6) is 0 Å². The van der Waals surface area contributed by atoms with Gasteiger partial charge in [0.05, 0.1) is 32.9 Å². The largest absolute Gasteiger partial charge is 0.417 e. The number of alkyl halides is 3. The summed E-state index contributed by atoms with van der Waals surface area (Å²) in [5.74, 6) is -0.484. The molecule has 3 rings (SSSR count). The molecule has 30 heavy (non-hydrogen) atoms. The predicted octanol–water partition coefficient (Wildman–Crippen LogP) is 4.21. The highest BCUT2D eigenvalue weighted by Gasteiger charge is 2.34. The fourth-order valence-electron chi connectivity index (χ4n) is 2.63. The first-order valence-corrected chi connectivity index (χ1v) is 10.4. The summed E-state index contributed by atoms with van der Waals surface area (Å²) in [5.41, 5.74) is -0.0629. The summed E-state index contributed by atoms with van der Waals surface area (Å²) in [6.45, 7) is -0.306. The van der Waals surface area contributed by atoms with Crippen molar-refractivity contribution in [1.29, 1.82) is 0 Å². The normalized spacial score (nSPS) is 12.1. The zero-order valence-electron chi connectivity index (χ0n) is 15.2. The van der Waals surface area contributed by atoms with E-state index in [0.29, 0.717) is 11.8 Å². The van der Waals surface area contributed by atoms with Crippen LogP contribution in [0.3, 0.4) is 0 Å². The van der Waals surface area contributed by atoms with E-state index in [1.54, 1.807) is 6.07 Å². The minimum Gasteiger partial charge on any atom is -0.325 e. The van der Waals surface area contributed by atoms with Crippen molar-refractivity contribution in [1.82, 2.24) is 9.71 Å². The lowest BCUT2D eigenvalue weighted by Gasteiger charge is -2.12. The first-order valence-electron chi connectivity index (χ1n) is 8.57. The number of anilines is 1. The van der Waals surface area contributed by atoms with Gasteiger partial charge in [-0.3, -0.25) is 9.78 Å². The number of rotatable bonds is 6. The Morgan fingerprint density at radius 2 is 1.83 bits per heavy atom. The molecule has 2 aromatic carbocycles. The highest BCUT2D eigenvalue weighted by atomic mass is 35.5. The lowest BCUT2D eigenvalue weighted by Crippen LogP contribution is -2.28. The van der Waals surface area contributed by atoms with Crippen LogP contribution in [0.1, 0.15) is 12.0 Å². The summed E-state index contributed by atoms with van der Waals surface area (Å²) in [5, 5.41) is 2.81. The summed E-state index contributed by atoms with van der Waals surface area (Å²) in [6.07, 6.45) is -3.56. The Kier molecular flexibility index (Phi) is 6.30. The minimum absolute atomic E-state index is 0.230. The Morgan fingerprint density at radius 3 is 2.57 bits per heavy atom. The number of nitrogens with zero attached hydrogens (tertiary/aromatic N) is 1. The van der Waals surface area contributed by atoms with Crippen LogP contribution < -0.4 is 10.0 Å². The Hall–Kier alpha value is -2.69. The molecule has 0 aliphatic rings. The highest BCUT2D eigenvalue weighted by Crippen LogP contribution is 2.35. The molecule has 6 nitrogen and oxygen atoms in total. The third kappa shape index (κ3) is 5.26. The molecule has 0 atom stereocenters. The number of benzene rings is 2. The first kappa shape index (κ1) is 22.0. The number of hydrogen-bond acceptors (Lipinski definition) is 4. The van der Waals surface area contributed by atoms with Gasteiger partial charge in [0, 0.05) is 18.4 Å². The Labute approximate surface area is 175 Å². The van der Waals surface area contributed by atoms with Gasteiger partial charge in [0.1, 0.15) is 0 Å². The maximum absolute atomic E-state index is 12.9. The van der Waals surface area contributed by atoms with Crippen LogP contribution in [0.4, 0.5) is 18.9 Å². The van der Waals surface area contributed by atoms with Gasteiger partial charge in [0.15, 0.2) is 0 Å². The van der Waals surface area contributed by atoms with E-state index < -0.39 is 37.6 Å². The van der Waals surface area contributed by atoms with Crippen molar-refractivity contribution in [3.05, 3.63) is 65.3 Å². The average Bonchev–Trinajstić information content (AvgIpc) is 2.67. The van der Waals surface area contributed by atoms with E-state index in [0.717, 1.165) is 23.0 Å². The van der Waals surface area contributed by atoms with E-state index in [2.05, 4.69) is 15.0 Å². The van der Waals surface area contributed by atoms with Gasteiger partial charge in [-0.2, -0.15) is 13.2 Å². The maximum Gasteiger partial charge on any atom is 0.417 e. The highest BCUT2D eigenvalue weighted by molar-refractivity contribution is 7.89. The van der Waals surface area contributed by atoms with Crippen molar-refractivity contribution in [2.24, 2.45) is 0 Å². The lowest BCUT2D eigenvalue weighted by molar-refractivity contribution is -0.137. The molecule has 1 aromatic heterocycles. The standard InChI is InChI=1S/C19H15ClF3N3O3S/c20-16-6-5-14(10-15(16)19(21,22)23)30(28,29)25-8-7-18(27)26-13-9-12-3-1-2-4-17(12)24-11-13/h1-6,9-11,25H,7-8H2,(H,26,27). The quantitative estimate of drug-likeness (QED) is 0.580. The molecule has 1 amide bonds. The molecule has 0 spiro atoms. The molecule has 0 aliphatic carbocycles. The Morgan fingerprint density at radius 1 is 1.10 bits per heavy atom. The van der Waals surface area contributed by atoms with Crippen LogP contribution >= 0.6 is 11.6 Å². The number of para-hydroxylation sites is 1. The number of hydrogen-bond donors (Lipinski definition) is 2. The molecule has 158 valence electrons. The van der Waals surface area contributed by atoms with E-state index in [1.807, 2.05) is 24.3 Å².